The standard InChI is InChI=1S/C19H22N2O3S/c1-11-5-6-13(9-12(11)2)17(22)20-18-16(19(23)24-4)14-7-8-21(3)10-15(14)25-18/h5-6,9H,7-8,10H2,1-4H3,(H,20,22). The maximum atomic E-state index is 12.7. The smallest absolute Gasteiger partial charge is 0.341 e. The van der Waals surface area contributed by atoms with Gasteiger partial charge in [-0.3, -0.25) is 4.79 Å². The molecule has 25 heavy (non-hydrogen) atoms. The molecule has 5 nitrogen and oxygen atoms in total. The van der Waals surface area contributed by atoms with Crippen LogP contribution in [0.2, 0.25) is 0 Å². The van der Waals surface area contributed by atoms with Crippen LogP contribution >= 0.6 is 11.3 Å². The van der Waals surface area contributed by atoms with Crippen molar-refractivity contribution >= 4 is 28.2 Å². The molecule has 2 aromatic rings. The maximum Gasteiger partial charge on any atom is 0.341 e. The summed E-state index contributed by atoms with van der Waals surface area (Å²) in [6.07, 6.45) is 0.784. The van der Waals surface area contributed by atoms with Crippen LogP contribution in [0.4, 0.5) is 5.00 Å². The Kier molecular flexibility index (Phi) is 4.92. The van der Waals surface area contributed by atoms with E-state index in [1.54, 1.807) is 6.07 Å². The average Bonchev–Trinajstić information content (AvgIpc) is 2.93. The lowest BCUT2D eigenvalue weighted by atomic mass is 10.0. The number of amides is 1. The SMILES string of the molecule is COC(=O)c1c(NC(=O)c2ccc(C)c(C)c2)sc2c1CCN(C)C2. The number of carbonyl (C=O) groups is 2. The molecular formula is C19H22N2O3S. The van der Waals surface area contributed by atoms with Crippen LogP contribution in [0.15, 0.2) is 18.2 Å². The van der Waals surface area contributed by atoms with Crippen molar-refractivity contribution in [2.75, 3.05) is 26.0 Å². The summed E-state index contributed by atoms with van der Waals surface area (Å²) in [6.45, 7) is 5.66. The Bertz CT molecular complexity index is 841. The Balaban J connectivity index is 1.95. The fourth-order valence-corrected chi connectivity index (χ4v) is 4.31. The summed E-state index contributed by atoms with van der Waals surface area (Å²) in [4.78, 5) is 28.3. The minimum atomic E-state index is -0.391. The van der Waals surface area contributed by atoms with Crippen molar-refractivity contribution in [3.63, 3.8) is 0 Å². The van der Waals surface area contributed by atoms with E-state index in [4.69, 9.17) is 4.74 Å². The van der Waals surface area contributed by atoms with Crippen LogP contribution in [0.5, 0.6) is 0 Å². The van der Waals surface area contributed by atoms with Crippen molar-refractivity contribution in [1.29, 1.82) is 0 Å². The van der Waals surface area contributed by atoms with Gasteiger partial charge in [-0.25, -0.2) is 4.79 Å². The van der Waals surface area contributed by atoms with Crippen molar-refractivity contribution in [1.82, 2.24) is 4.90 Å². The number of hydrogen-bond acceptors (Lipinski definition) is 5. The number of rotatable bonds is 3. The summed E-state index contributed by atoms with van der Waals surface area (Å²) in [5, 5.41) is 3.50. The van der Waals surface area contributed by atoms with Gasteiger partial charge in [0.1, 0.15) is 5.00 Å². The zero-order valence-electron chi connectivity index (χ0n) is 14.9. The first kappa shape index (κ1) is 17.6. The number of hydrogen-bond donors (Lipinski definition) is 1. The van der Waals surface area contributed by atoms with Crippen LogP contribution in [0.25, 0.3) is 0 Å². The number of aryl methyl sites for hydroxylation is 2. The predicted octanol–water partition coefficient (Wildman–Crippen LogP) is 3.39. The lowest BCUT2D eigenvalue weighted by molar-refractivity contribution is 0.0600. The molecule has 132 valence electrons. The maximum absolute atomic E-state index is 12.7. The number of esters is 1. The summed E-state index contributed by atoms with van der Waals surface area (Å²) in [6, 6.07) is 5.60. The summed E-state index contributed by atoms with van der Waals surface area (Å²) in [5.74, 6) is -0.599. The van der Waals surface area contributed by atoms with Crippen molar-refractivity contribution < 1.29 is 14.3 Å². The van der Waals surface area contributed by atoms with E-state index in [2.05, 4.69) is 10.2 Å². The van der Waals surface area contributed by atoms with E-state index in [0.29, 0.717) is 16.1 Å². The van der Waals surface area contributed by atoms with Gasteiger partial charge in [0.15, 0.2) is 0 Å². The highest BCUT2D eigenvalue weighted by atomic mass is 32.1. The van der Waals surface area contributed by atoms with Gasteiger partial charge in [-0.05, 0) is 56.1 Å². The number of fused-ring (bicyclic) bond motifs is 1. The van der Waals surface area contributed by atoms with Crippen LogP contribution < -0.4 is 5.32 Å². The molecule has 0 radical (unpaired) electrons. The molecule has 0 bridgehead atoms. The second-order valence-electron chi connectivity index (χ2n) is 6.44. The van der Waals surface area contributed by atoms with Gasteiger partial charge in [-0.2, -0.15) is 0 Å². The molecule has 0 aliphatic carbocycles. The molecule has 3 rings (SSSR count). The second kappa shape index (κ2) is 6.98. The summed E-state index contributed by atoms with van der Waals surface area (Å²) in [5.41, 5.74) is 4.30. The Morgan fingerprint density at radius 1 is 1.24 bits per heavy atom. The van der Waals surface area contributed by atoms with E-state index in [1.807, 2.05) is 33.0 Å². The van der Waals surface area contributed by atoms with E-state index < -0.39 is 5.97 Å². The summed E-state index contributed by atoms with van der Waals surface area (Å²) < 4.78 is 4.95. The molecule has 1 N–H and O–H groups in total. The fourth-order valence-electron chi connectivity index (χ4n) is 3.00. The topological polar surface area (TPSA) is 58.6 Å². The average molecular weight is 358 g/mol. The first-order valence-electron chi connectivity index (χ1n) is 8.20. The van der Waals surface area contributed by atoms with Gasteiger partial charge in [0.2, 0.25) is 0 Å². The van der Waals surface area contributed by atoms with Crippen LogP contribution in [0.1, 0.15) is 42.3 Å². The number of likely N-dealkylation sites (N-methyl/N-ethyl adjacent to an activating group) is 1. The number of benzene rings is 1. The number of ether oxygens (including phenoxy) is 1. The molecule has 0 saturated heterocycles. The third-order valence-corrected chi connectivity index (χ3v) is 5.77. The monoisotopic (exact) mass is 358 g/mol. The van der Waals surface area contributed by atoms with Crippen LogP contribution in [-0.4, -0.2) is 37.5 Å². The largest absolute Gasteiger partial charge is 0.465 e. The Morgan fingerprint density at radius 3 is 2.68 bits per heavy atom. The van der Waals surface area contributed by atoms with Gasteiger partial charge in [-0.1, -0.05) is 6.07 Å². The molecule has 1 aromatic heterocycles. The first-order valence-corrected chi connectivity index (χ1v) is 9.02. The highest BCUT2D eigenvalue weighted by molar-refractivity contribution is 7.17. The highest BCUT2D eigenvalue weighted by Crippen LogP contribution is 2.37. The Hall–Kier alpha value is -2.18. The number of nitrogens with zero attached hydrogens (tertiary/aromatic N) is 1. The molecule has 0 spiro atoms. The third kappa shape index (κ3) is 3.45. The molecule has 1 amide bonds. The van der Waals surface area contributed by atoms with Crippen molar-refractivity contribution in [2.45, 2.75) is 26.8 Å². The first-order chi connectivity index (χ1) is 11.9. The van der Waals surface area contributed by atoms with Gasteiger partial charge < -0.3 is 15.0 Å². The van der Waals surface area contributed by atoms with Crippen molar-refractivity contribution in [3.8, 4) is 0 Å². The molecule has 1 aliphatic heterocycles. The predicted molar refractivity (Wildman–Crippen MR) is 99.6 cm³/mol. The normalized spacial score (nSPS) is 14.1. The second-order valence-corrected chi connectivity index (χ2v) is 7.55. The Labute approximate surface area is 151 Å². The van der Waals surface area contributed by atoms with E-state index in [9.17, 15) is 9.59 Å². The molecule has 1 aromatic carbocycles. The lowest BCUT2D eigenvalue weighted by Gasteiger charge is -2.22. The van der Waals surface area contributed by atoms with E-state index in [0.717, 1.165) is 41.1 Å². The lowest BCUT2D eigenvalue weighted by Crippen LogP contribution is -2.26. The van der Waals surface area contributed by atoms with Gasteiger partial charge in [0.25, 0.3) is 5.91 Å². The quantitative estimate of drug-likeness (QED) is 0.855. The minimum Gasteiger partial charge on any atom is -0.465 e. The molecular weight excluding hydrogens is 336 g/mol. The van der Waals surface area contributed by atoms with Gasteiger partial charge in [-0.15, -0.1) is 11.3 Å². The Morgan fingerprint density at radius 2 is 2.00 bits per heavy atom. The zero-order valence-corrected chi connectivity index (χ0v) is 15.8. The summed E-state index contributed by atoms with van der Waals surface area (Å²) in [7, 11) is 3.42. The fraction of sp³-hybridized carbons (Fsp3) is 0.368. The van der Waals surface area contributed by atoms with E-state index >= 15 is 0 Å². The molecule has 0 saturated carbocycles. The van der Waals surface area contributed by atoms with E-state index in [1.165, 1.54) is 18.4 Å². The zero-order chi connectivity index (χ0) is 18.1. The molecule has 6 heteroatoms. The van der Waals surface area contributed by atoms with Crippen LogP contribution in [0.3, 0.4) is 0 Å². The highest BCUT2D eigenvalue weighted by Gasteiger charge is 2.28. The number of nitrogens with one attached hydrogen (secondary N) is 1. The van der Waals surface area contributed by atoms with Gasteiger partial charge >= 0.3 is 5.97 Å². The number of carbonyl (C=O) groups excluding carboxylic acids is 2. The molecule has 1 aliphatic rings. The van der Waals surface area contributed by atoms with Crippen LogP contribution in [0, 0.1) is 13.8 Å². The van der Waals surface area contributed by atoms with Gasteiger partial charge in [0, 0.05) is 23.5 Å². The molecule has 0 unspecified atom stereocenters. The van der Waals surface area contributed by atoms with Crippen LogP contribution in [-0.2, 0) is 17.7 Å². The number of thiophene rings is 1. The number of methoxy groups -OCH3 is 1. The van der Waals surface area contributed by atoms with Crippen molar-refractivity contribution in [2.24, 2.45) is 0 Å². The molecule has 0 fully saturated rings. The number of anilines is 1. The van der Waals surface area contributed by atoms with E-state index in [-0.39, 0.29) is 5.91 Å². The minimum absolute atomic E-state index is 0.208. The third-order valence-electron chi connectivity index (χ3n) is 4.63. The molecule has 0 atom stereocenters. The van der Waals surface area contributed by atoms with Gasteiger partial charge in [0.05, 0.1) is 12.7 Å². The van der Waals surface area contributed by atoms with Crippen molar-refractivity contribution in [3.05, 3.63) is 50.9 Å². The summed E-state index contributed by atoms with van der Waals surface area (Å²) >= 11 is 1.47. The molecule has 2 heterocycles.